The van der Waals surface area contributed by atoms with Crippen LogP contribution >= 0.6 is 0 Å². The van der Waals surface area contributed by atoms with E-state index in [1.807, 2.05) is 21.1 Å². The normalized spacial score (nSPS) is 13.9. The number of rotatable bonds is 44. The number of unbranched alkanes of at least 4 members (excludes halogenated alkanes) is 10. The Morgan fingerprint density at radius 1 is 0.455 bits per heavy atom. The smallest absolute Gasteiger partial charge is 0.362 e. The van der Waals surface area contributed by atoms with Crippen LogP contribution in [0.3, 0.4) is 0 Å². The Morgan fingerprint density at radius 3 is 1.20 bits per heavy atom. The number of carbonyl (C=O) groups is 3. The van der Waals surface area contributed by atoms with E-state index in [1.165, 1.54) is 19.3 Å². The van der Waals surface area contributed by atoms with Crippen LogP contribution in [-0.2, 0) is 28.6 Å². The molecule has 0 aliphatic heterocycles. The molecule has 66 heavy (non-hydrogen) atoms. The van der Waals surface area contributed by atoms with Crippen LogP contribution in [-0.4, -0.2) is 80.6 Å². The summed E-state index contributed by atoms with van der Waals surface area (Å²) in [6, 6.07) is -0.631. The predicted molar refractivity (Wildman–Crippen MR) is 279 cm³/mol. The van der Waals surface area contributed by atoms with E-state index >= 15 is 0 Å². The van der Waals surface area contributed by atoms with Gasteiger partial charge in [0.2, 0.25) is 0 Å². The zero-order valence-electron chi connectivity index (χ0n) is 42.3. The van der Waals surface area contributed by atoms with Crippen LogP contribution < -0.4 is 0 Å². The fraction of sp³-hybridized carbons (Fsp3) is 0.603. The average Bonchev–Trinajstić information content (AvgIpc) is 3.28. The lowest BCUT2D eigenvalue weighted by Gasteiger charge is -2.31. The molecule has 0 spiro atoms. The molecule has 2 atom stereocenters. The predicted octanol–water partition coefficient (Wildman–Crippen LogP) is 15.0. The maximum Gasteiger partial charge on any atom is 0.362 e. The monoisotopic (exact) mass is 917 g/mol. The highest BCUT2D eigenvalue weighted by Crippen LogP contribution is 2.13. The third-order valence-electron chi connectivity index (χ3n) is 10.6. The molecule has 0 aromatic rings. The minimum atomic E-state index is -0.887. The summed E-state index contributed by atoms with van der Waals surface area (Å²) in [6.45, 7) is 4.45. The van der Waals surface area contributed by atoms with E-state index < -0.39 is 18.1 Å². The highest BCUT2D eigenvalue weighted by Gasteiger charge is 2.31. The van der Waals surface area contributed by atoms with Gasteiger partial charge in [0, 0.05) is 19.3 Å². The third kappa shape index (κ3) is 44.9. The van der Waals surface area contributed by atoms with E-state index in [9.17, 15) is 19.5 Å². The lowest BCUT2D eigenvalue weighted by Crippen LogP contribution is -2.50. The van der Waals surface area contributed by atoms with Gasteiger partial charge in [0.05, 0.1) is 34.4 Å². The third-order valence-corrected chi connectivity index (χ3v) is 10.6. The van der Waals surface area contributed by atoms with Crippen molar-refractivity contribution >= 4 is 17.9 Å². The Kier molecular flexibility index (Phi) is 44.2. The number of esters is 2. The molecule has 0 aliphatic rings. The number of carbonyl (C=O) groups excluding carboxylic acids is 2. The number of hydrogen-bond donors (Lipinski definition) is 1. The zero-order valence-corrected chi connectivity index (χ0v) is 42.3. The van der Waals surface area contributed by atoms with Crippen molar-refractivity contribution in [1.29, 1.82) is 0 Å². The van der Waals surface area contributed by atoms with E-state index in [4.69, 9.17) is 14.2 Å². The Labute approximate surface area is 403 Å². The molecule has 8 nitrogen and oxygen atoms in total. The number of aliphatic carboxylic acids is 1. The van der Waals surface area contributed by atoms with Gasteiger partial charge in [0.25, 0.3) is 0 Å². The van der Waals surface area contributed by atoms with E-state index in [2.05, 4.69) is 135 Å². The molecule has 0 aromatic carbocycles. The Hall–Kier alpha value is -4.27. The molecule has 0 saturated heterocycles. The lowest BCUT2D eigenvalue weighted by atomic mass is 10.1. The number of ether oxygens (including phenoxy) is 3. The zero-order chi connectivity index (χ0) is 48.4. The first-order valence-electron chi connectivity index (χ1n) is 25.6. The van der Waals surface area contributed by atoms with Crippen molar-refractivity contribution in [2.24, 2.45) is 0 Å². The number of quaternary nitrogens is 1. The molecule has 0 heterocycles. The van der Waals surface area contributed by atoms with E-state index in [0.29, 0.717) is 19.3 Å². The largest absolute Gasteiger partial charge is 0.477 e. The van der Waals surface area contributed by atoms with Gasteiger partial charge in [-0.1, -0.05) is 174 Å². The van der Waals surface area contributed by atoms with Crippen molar-refractivity contribution < 1.29 is 38.2 Å². The summed E-state index contributed by atoms with van der Waals surface area (Å²) in [7, 11) is 5.51. The van der Waals surface area contributed by atoms with Crippen molar-refractivity contribution in [3.63, 3.8) is 0 Å². The molecular formula is C58H94NO7+. The van der Waals surface area contributed by atoms with Crippen LogP contribution in [0.4, 0.5) is 0 Å². The second-order valence-corrected chi connectivity index (χ2v) is 17.7. The van der Waals surface area contributed by atoms with Crippen molar-refractivity contribution in [2.75, 3.05) is 41.0 Å². The first-order chi connectivity index (χ1) is 32.1. The molecular weight excluding hydrogens is 823 g/mol. The van der Waals surface area contributed by atoms with Crippen LogP contribution in [0.1, 0.15) is 174 Å². The van der Waals surface area contributed by atoms with Gasteiger partial charge in [-0.15, -0.1) is 0 Å². The minimum Gasteiger partial charge on any atom is -0.477 e. The van der Waals surface area contributed by atoms with E-state index in [-0.39, 0.29) is 36.2 Å². The van der Waals surface area contributed by atoms with Crippen molar-refractivity contribution in [3.05, 3.63) is 122 Å². The second kappa shape index (κ2) is 47.2. The molecule has 0 radical (unpaired) electrons. The lowest BCUT2D eigenvalue weighted by molar-refractivity contribution is -0.887. The van der Waals surface area contributed by atoms with Gasteiger partial charge < -0.3 is 23.8 Å². The highest BCUT2D eigenvalue weighted by atomic mass is 16.6. The summed E-state index contributed by atoms with van der Waals surface area (Å²) in [5.74, 6) is -1.54. The summed E-state index contributed by atoms with van der Waals surface area (Å²) in [6.07, 6.45) is 66.7. The summed E-state index contributed by atoms with van der Waals surface area (Å²) in [5.41, 5.74) is 0. The Bertz CT molecular complexity index is 1490. The maximum absolute atomic E-state index is 12.8. The number of likely N-dealkylation sites (N-methyl/N-ethyl adjacent to an activating group) is 1. The Balaban J connectivity index is 4.36. The first kappa shape index (κ1) is 61.7. The molecule has 0 aromatic heterocycles. The molecule has 1 N–H and O–H groups in total. The van der Waals surface area contributed by atoms with Gasteiger partial charge in [-0.2, -0.15) is 0 Å². The molecule has 0 amide bonds. The summed E-state index contributed by atoms with van der Waals surface area (Å²) < 4.78 is 17.3. The molecule has 0 aliphatic carbocycles. The fourth-order valence-corrected chi connectivity index (χ4v) is 6.73. The molecule has 2 unspecified atom stereocenters. The number of nitrogens with zero attached hydrogens (tertiary/aromatic N) is 1. The maximum atomic E-state index is 12.8. The topological polar surface area (TPSA) is 99.1 Å². The van der Waals surface area contributed by atoms with Crippen LogP contribution in [0.5, 0.6) is 0 Å². The van der Waals surface area contributed by atoms with Crippen LogP contribution in [0, 0.1) is 0 Å². The molecule has 0 saturated carbocycles. The van der Waals surface area contributed by atoms with Gasteiger partial charge in [0.1, 0.15) is 6.61 Å². The summed E-state index contributed by atoms with van der Waals surface area (Å²) in [5, 5.41) is 9.66. The van der Waals surface area contributed by atoms with Crippen molar-refractivity contribution in [3.8, 4) is 0 Å². The van der Waals surface area contributed by atoms with E-state index in [1.54, 1.807) is 0 Å². The van der Waals surface area contributed by atoms with Gasteiger partial charge >= 0.3 is 17.9 Å². The second-order valence-electron chi connectivity index (χ2n) is 17.7. The van der Waals surface area contributed by atoms with Crippen molar-refractivity contribution in [2.45, 2.75) is 187 Å². The van der Waals surface area contributed by atoms with E-state index in [0.717, 1.165) is 122 Å². The van der Waals surface area contributed by atoms with Gasteiger partial charge in [-0.3, -0.25) is 9.59 Å². The van der Waals surface area contributed by atoms with Crippen LogP contribution in [0.2, 0.25) is 0 Å². The van der Waals surface area contributed by atoms with Gasteiger partial charge in [0.15, 0.2) is 12.1 Å². The minimum absolute atomic E-state index is 0.0371. The average molecular weight is 917 g/mol. The summed E-state index contributed by atoms with van der Waals surface area (Å²) >= 11 is 0. The summed E-state index contributed by atoms with van der Waals surface area (Å²) in [4.78, 5) is 37.2. The van der Waals surface area contributed by atoms with Gasteiger partial charge in [-0.25, -0.2) is 4.79 Å². The first-order valence-corrected chi connectivity index (χ1v) is 25.6. The van der Waals surface area contributed by atoms with Crippen molar-refractivity contribution in [1.82, 2.24) is 0 Å². The van der Waals surface area contributed by atoms with Crippen LogP contribution in [0.15, 0.2) is 122 Å². The standard InChI is InChI=1S/C58H93NO7/c1-6-8-10-12-14-16-18-20-22-24-26-27-28-29-31-33-35-37-39-41-43-45-47-49-57(61)66-54(52-64-51-50-55(58(62)63)59(3,4)5)53-65-56(60)48-46-44-42-40-38-36-34-32-30-25-23-21-19-17-15-13-11-9-7-2/h8-11,14-17,20-23,26-27,29-32,36,38,54-55H,6-7,12-13,18-19,24-25,28,33-35,37,39-53H2,1-5H3/p+1/b10-8+,11-9+,16-14+,17-15+,22-20+,23-21+,27-26+,31-29+,32-30+,38-36+. The number of allylic oxidation sites excluding steroid dienone is 20. The number of carboxylic acid groups (broad SMARTS) is 1. The highest BCUT2D eigenvalue weighted by molar-refractivity contribution is 5.72. The van der Waals surface area contributed by atoms with Gasteiger partial charge in [-0.05, 0) is 103 Å². The molecule has 372 valence electrons. The van der Waals surface area contributed by atoms with Crippen LogP contribution in [0.25, 0.3) is 0 Å². The number of carboxylic acids is 1. The molecule has 0 bridgehead atoms. The number of hydrogen-bond acceptors (Lipinski definition) is 6. The fourth-order valence-electron chi connectivity index (χ4n) is 6.73. The Morgan fingerprint density at radius 2 is 0.803 bits per heavy atom. The molecule has 8 heteroatoms. The quantitative estimate of drug-likeness (QED) is 0.0281. The molecule has 0 fully saturated rings. The SMILES string of the molecule is CC/C=C/C/C=C/C/C=C/C/C=C/C/C=C/CCCCCCCCCC(=O)OC(COCCC(C(=O)O)[N+](C)(C)C)COC(=O)CCCCC/C=C/C/C=C/C/C=C/C/C=C/C/C=C/CC. The molecule has 0 rings (SSSR count).